The highest BCUT2D eigenvalue weighted by atomic mass is 16.4. The van der Waals surface area contributed by atoms with Crippen LogP contribution in [0.2, 0.25) is 0 Å². The molecule has 2 heterocycles. The minimum atomic E-state index is -1.13. The molecule has 26 heavy (non-hydrogen) atoms. The van der Waals surface area contributed by atoms with Crippen LogP contribution in [0.5, 0.6) is 0 Å². The number of hydrogen-bond donors (Lipinski definition) is 2. The molecule has 0 aliphatic rings. The van der Waals surface area contributed by atoms with Crippen LogP contribution in [0.25, 0.3) is 11.0 Å². The number of carbonyl (C=O) groups is 2. The Morgan fingerprint density at radius 3 is 2.62 bits per heavy atom. The maximum atomic E-state index is 12.5. The van der Waals surface area contributed by atoms with Crippen molar-refractivity contribution in [3.05, 3.63) is 47.5 Å². The van der Waals surface area contributed by atoms with E-state index in [2.05, 4.69) is 24.3 Å². The van der Waals surface area contributed by atoms with E-state index in [9.17, 15) is 9.59 Å². The number of benzene rings is 1. The van der Waals surface area contributed by atoms with Gasteiger partial charge >= 0.3 is 5.97 Å². The van der Waals surface area contributed by atoms with Gasteiger partial charge < -0.3 is 14.8 Å². The molecule has 1 amide bonds. The highest BCUT2D eigenvalue weighted by Crippen LogP contribution is 2.24. The van der Waals surface area contributed by atoms with Crippen LogP contribution in [-0.2, 0) is 0 Å². The molecule has 1 aromatic carbocycles. The van der Waals surface area contributed by atoms with Crippen molar-refractivity contribution in [2.75, 3.05) is 5.32 Å². The van der Waals surface area contributed by atoms with Crippen molar-refractivity contribution in [1.29, 1.82) is 0 Å². The zero-order chi connectivity index (χ0) is 18.8. The van der Waals surface area contributed by atoms with Crippen molar-refractivity contribution in [2.45, 2.75) is 39.7 Å². The van der Waals surface area contributed by atoms with Crippen LogP contribution in [0.4, 0.5) is 5.69 Å². The Hall–Kier alpha value is -3.09. The van der Waals surface area contributed by atoms with Gasteiger partial charge in [0.15, 0.2) is 5.69 Å². The number of nitrogens with one attached hydrogen (secondary N) is 1. The van der Waals surface area contributed by atoms with E-state index in [-0.39, 0.29) is 17.7 Å². The third-order valence-electron chi connectivity index (χ3n) is 4.43. The van der Waals surface area contributed by atoms with Gasteiger partial charge in [-0.25, -0.2) is 4.79 Å². The molecule has 3 aromatic rings. The smallest absolute Gasteiger partial charge is 0.371 e. The molecule has 7 nitrogen and oxygen atoms in total. The minimum Gasteiger partial charge on any atom is -0.475 e. The lowest BCUT2D eigenvalue weighted by Gasteiger charge is -2.14. The first kappa shape index (κ1) is 17.7. The summed E-state index contributed by atoms with van der Waals surface area (Å²) in [6, 6.07) is 8.44. The van der Waals surface area contributed by atoms with Gasteiger partial charge in [0, 0.05) is 16.8 Å². The largest absolute Gasteiger partial charge is 0.475 e. The summed E-state index contributed by atoms with van der Waals surface area (Å²) >= 11 is 0. The standard InChI is InChI=1S/C19H21N3O4/c1-4-14(5-2)22-11(3)8-15(21-22)18(23)20-13-6-7-16-12(9-13)10-17(26-16)19(24)25/h6-10,14H,4-5H2,1-3H3,(H,20,23)(H,24,25). The summed E-state index contributed by atoms with van der Waals surface area (Å²) in [7, 11) is 0. The lowest BCUT2D eigenvalue weighted by molar-refractivity contribution is 0.0665. The summed E-state index contributed by atoms with van der Waals surface area (Å²) in [6.45, 7) is 6.13. The summed E-state index contributed by atoms with van der Waals surface area (Å²) < 4.78 is 7.11. The van der Waals surface area contributed by atoms with Crippen LogP contribution in [0, 0.1) is 6.92 Å². The highest BCUT2D eigenvalue weighted by molar-refractivity contribution is 6.04. The van der Waals surface area contributed by atoms with Crippen molar-refractivity contribution in [2.24, 2.45) is 0 Å². The first-order valence-electron chi connectivity index (χ1n) is 8.57. The predicted molar refractivity (Wildman–Crippen MR) is 97.7 cm³/mol. The highest BCUT2D eigenvalue weighted by Gasteiger charge is 2.17. The van der Waals surface area contributed by atoms with Crippen molar-refractivity contribution in [1.82, 2.24) is 9.78 Å². The number of furan rings is 1. The first-order valence-corrected chi connectivity index (χ1v) is 8.57. The average molecular weight is 355 g/mol. The Kier molecular flexibility index (Phi) is 4.79. The van der Waals surface area contributed by atoms with Gasteiger partial charge in [-0.15, -0.1) is 0 Å². The SMILES string of the molecule is CCC(CC)n1nc(C(=O)Nc2ccc3oc(C(=O)O)cc3c2)cc1C. The second-order valence-electron chi connectivity index (χ2n) is 6.21. The van der Waals surface area contributed by atoms with E-state index in [1.54, 1.807) is 24.3 Å². The van der Waals surface area contributed by atoms with Gasteiger partial charge in [-0.2, -0.15) is 5.10 Å². The van der Waals surface area contributed by atoms with Crippen molar-refractivity contribution in [3.8, 4) is 0 Å². The molecule has 0 saturated carbocycles. The summed E-state index contributed by atoms with van der Waals surface area (Å²) in [5, 5.41) is 16.8. The van der Waals surface area contributed by atoms with E-state index < -0.39 is 5.97 Å². The number of aryl methyl sites for hydroxylation is 1. The number of carbonyl (C=O) groups excluding carboxylic acids is 1. The maximum absolute atomic E-state index is 12.5. The third-order valence-corrected chi connectivity index (χ3v) is 4.43. The van der Waals surface area contributed by atoms with Gasteiger partial charge in [0.2, 0.25) is 5.76 Å². The molecule has 3 rings (SSSR count). The van der Waals surface area contributed by atoms with Crippen molar-refractivity contribution >= 4 is 28.5 Å². The molecule has 0 bridgehead atoms. The van der Waals surface area contributed by atoms with E-state index in [4.69, 9.17) is 9.52 Å². The van der Waals surface area contributed by atoms with Gasteiger partial charge in [-0.3, -0.25) is 9.48 Å². The normalized spacial score (nSPS) is 11.2. The lowest BCUT2D eigenvalue weighted by Crippen LogP contribution is -2.15. The fraction of sp³-hybridized carbons (Fsp3) is 0.316. The van der Waals surface area contributed by atoms with Crippen LogP contribution in [0.1, 0.15) is 59.5 Å². The molecule has 136 valence electrons. The van der Waals surface area contributed by atoms with Crippen LogP contribution >= 0.6 is 0 Å². The molecule has 0 atom stereocenters. The number of carboxylic acid groups (broad SMARTS) is 1. The van der Waals surface area contributed by atoms with Gasteiger partial charge in [-0.05, 0) is 50.1 Å². The van der Waals surface area contributed by atoms with Gasteiger partial charge in [0.25, 0.3) is 5.91 Å². The molecule has 0 fully saturated rings. The molecule has 0 aliphatic carbocycles. The maximum Gasteiger partial charge on any atom is 0.371 e. The number of anilines is 1. The van der Waals surface area contributed by atoms with Gasteiger partial charge in [-0.1, -0.05) is 13.8 Å². The average Bonchev–Trinajstić information content (AvgIpc) is 3.20. The number of rotatable bonds is 6. The van der Waals surface area contributed by atoms with Crippen LogP contribution in [0.3, 0.4) is 0 Å². The van der Waals surface area contributed by atoms with Gasteiger partial charge in [0.05, 0.1) is 6.04 Å². The van der Waals surface area contributed by atoms with Crippen LogP contribution in [0.15, 0.2) is 34.7 Å². The predicted octanol–water partition coefficient (Wildman–Crippen LogP) is 4.25. The fourth-order valence-corrected chi connectivity index (χ4v) is 3.02. The first-order chi connectivity index (χ1) is 12.4. The summed E-state index contributed by atoms with van der Waals surface area (Å²) in [5.74, 6) is -1.57. The zero-order valence-electron chi connectivity index (χ0n) is 14.9. The van der Waals surface area contributed by atoms with Crippen molar-refractivity contribution in [3.63, 3.8) is 0 Å². The number of aromatic carboxylic acids is 1. The topological polar surface area (TPSA) is 97.4 Å². The van der Waals surface area contributed by atoms with E-state index >= 15 is 0 Å². The Balaban J connectivity index is 1.82. The molecule has 0 radical (unpaired) electrons. The van der Waals surface area contributed by atoms with E-state index in [0.29, 0.717) is 22.4 Å². The number of aromatic nitrogens is 2. The van der Waals surface area contributed by atoms with Crippen LogP contribution < -0.4 is 5.32 Å². The van der Waals surface area contributed by atoms with E-state index in [1.807, 2.05) is 11.6 Å². The quantitative estimate of drug-likeness (QED) is 0.689. The molecule has 2 N–H and O–H groups in total. The van der Waals surface area contributed by atoms with E-state index in [1.165, 1.54) is 6.07 Å². The van der Waals surface area contributed by atoms with Crippen molar-refractivity contribution < 1.29 is 19.1 Å². The molecular weight excluding hydrogens is 334 g/mol. The number of hydrogen-bond acceptors (Lipinski definition) is 4. The third kappa shape index (κ3) is 3.33. The summed E-state index contributed by atoms with van der Waals surface area (Å²) in [5.41, 5.74) is 2.30. The lowest BCUT2D eigenvalue weighted by atomic mass is 10.2. The number of fused-ring (bicyclic) bond motifs is 1. The number of nitrogens with zero attached hydrogens (tertiary/aromatic N) is 2. The number of amides is 1. The summed E-state index contributed by atoms with van der Waals surface area (Å²) in [4.78, 5) is 23.5. The molecule has 0 aliphatic heterocycles. The summed E-state index contributed by atoms with van der Waals surface area (Å²) in [6.07, 6.45) is 1.90. The Bertz CT molecular complexity index is 966. The monoisotopic (exact) mass is 355 g/mol. The Morgan fingerprint density at radius 1 is 1.23 bits per heavy atom. The molecule has 0 unspecified atom stereocenters. The van der Waals surface area contributed by atoms with Gasteiger partial charge in [0.1, 0.15) is 5.58 Å². The molecular formula is C19H21N3O4. The Labute approximate surface area is 150 Å². The molecule has 7 heteroatoms. The fourth-order valence-electron chi connectivity index (χ4n) is 3.02. The van der Waals surface area contributed by atoms with E-state index in [0.717, 1.165) is 18.5 Å². The zero-order valence-corrected chi connectivity index (χ0v) is 14.9. The molecule has 0 spiro atoms. The number of carboxylic acids is 1. The second-order valence-corrected chi connectivity index (χ2v) is 6.21. The molecule has 2 aromatic heterocycles. The molecule has 0 saturated heterocycles. The minimum absolute atomic E-state index is 0.136. The Morgan fingerprint density at radius 2 is 1.96 bits per heavy atom. The van der Waals surface area contributed by atoms with Crippen LogP contribution in [-0.4, -0.2) is 26.8 Å². The second kappa shape index (κ2) is 7.03.